The first-order valence-electron chi connectivity index (χ1n) is 5.40. The Morgan fingerprint density at radius 2 is 1.88 bits per heavy atom. The molecule has 1 aromatic heterocycles. The molecule has 0 spiro atoms. The van der Waals surface area contributed by atoms with Crippen molar-refractivity contribution >= 4 is 17.5 Å². The van der Waals surface area contributed by atoms with Crippen LogP contribution >= 0.6 is 11.8 Å². The fraction of sp³-hybridized carbons (Fsp3) is 0.154. The highest BCUT2D eigenvalue weighted by Crippen LogP contribution is 2.42. The summed E-state index contributed by atoms with van der Waals surface area (Å²) in [5, 5.41) is 0.908. The summed E-state index contributed by atoms with van der Waals surface area (Å²) < 4.78 is 0. The number of thioether (sulfide) groups is 1. The Morgan fingerprint density at radius 3 is 2.71 bits per heavy atom. The molecule has 17 heavy (non-hydrogen) atoms. The number of hydrogen-bond donors (Lipinski definition) is 0. The maximum absolute atomic E-state index is 12.0. The van der Waals surface area contributed by atoms with Gasteiger partial charge in [0.2, 0.25) is 0 Å². The molecular formula is C13H10N2OS. The van der Waals surface area contributed by atoms with Gasteiger partial charge in [-0.05, 0) is 5.56 Å². The van der Waals surface area contributed by atoms with Crippen LogP contribution in [-0.4, -0.2) is 15.8 Å². The van der Waals surface area contributed by atoms with E-state index in [0.29, 0.717) is 12.1 Å². The first-order valence-corrected chi connectivity index (χ1v) is 6.28. The summed E-state index contributed by atoms with van der Waals surface area (Å²) in [6, 6.07) is 10.1. The largest absolute Gasteiger partial charge is 0.292 e. The van der Waals surface area contributed by atoms with Gasteiger partial charge in [-0.1, -0.05) is 42.1 Å². The van der Waals surface area contributed by atoms with E-state index < -0.39 is 0 Å². The van der Waals surface area contributed by atoms with Crippen molar-refractivity contribution in [1.29, 1.82) is 0 Å². The first-order chi connectivity index (χ1) is 8.34. The molecule has 1 aliphatic heterocycles. The summed E-state index contributed by atoms with van der Waals surface area (Å²) in [4.78, 5) is 20.3. The Balaban J connectivity index is 1.97. The summed E-state index contributed by atoms with van der Waals surface area (Å²) in [5.74, 6) is 0.0840. The van der Waals surface area contributed by atoms with Crippen LogP contribution < -0.4 is 0 Å². The molecule has 1 aromatic carbocycles. The third kappa shape index (κ3) is 1.96. The molecule has 0 aliphatic carbocycles. The Hall–Kier alpha value is -1.68. The van der Waals surface area contributed by atoms with Gasteiger partial charge in [-0.2, -0.15) is 0 Å². The average molecular weight is 242 g/mol. The van der Waals surface area contributed by atoms with Crippen LogP contribution in [0.5, 0.6) is 0 Å². The predicted octanol–water partition coefficient (Wildman–Crippen LogP) is 2.90. The number of aromatic nitrogens is 2. The average Bonchev–Trinajstić information content (AvgIpc) is 2.40. The van der Waals surface area contributed by atoms with Crippen LogP contribution in [0.25, 0.3) is 0 Å². The molecule has 1 aliphatic rings. The minimum atomic E-state index is 0.0840. The monoisotopic (exact) mass is 242 g/mol. The van der Waals surface area contributed by atoms with Gasteiger partial charge in [0.05, 0.1) is 0 Å². The number of rotatable bonds is 1. The zero-order valence-corrected chi connectivity index (χ0v) is 9.85. The highest BCUT2D eigenvalue weighted by molar-refractivity contribution is 7.99. The lowest BCUT2D eigenvalue weighted by Crippen LogP contribution is -2.14. The molecule has 4 heteroatoms. The lowest BCUT2D eigenvalue weighted by atomic mass is 10.1. The van der Waals surface area contributed by atoms with E-state index in [-0.39, 0.29) is 11.0 Å². The molecule has 0 unspecified atom stereocenters. The standard InChI is InChI=1S/C13H10N2OS/c16-10-8-11(9-4-2-1-3-5-9)17-13-12(10)14-6-7-15-13/h1-7,11H,8H2/t11-/m0/s1. The zero-order chi connectivity index (χ0) is 11.7. The minimum Gasteiger partial charge on any atom is -0.292 e. The second kappa shape index (κ2) is 4.30. The Bertz CT molecular complexity index is 556. The zero-order valence-electron chi connectivity index (χ0n) is 9.04. The number of ketones is 1. The normalized spacial score (nSPS) is 18.8. The molecule has 84 valence electrons. The topological polar surface area (TPSA) is 42.9 Å². The Morgan fingerprint density at radius 1 is 1.12 bits per heavy atom. The number of nitrogens with zero attached hydrogens (tertiary/aromatic N) is 2. The second-order valence-corrected chi connectivity index (χ2v) is 5.05. The molecular weight excluding hydrogens is 232 g/mol. The molecule has 3 nitrogen and oxygen atoms in total. The van der Waals surface area contributed by atoms with E-state index in [9.17, 15) is 4.79 Å². The smallest absolute Gasteiger partial charge is 0.185 e. The summed E-state index contributed by atoms with van der Waals surface area (Å²) in [7, 11) is 0. The maximum atomic E-state index is 12.0. The van der Waals surface area contributed by atoms with E-state index in [1.54, 1.807) is 24.2 Å². The van der Waals surface area contributed by atoms with Crippen molar-refractivity contribution in [1.82, 2.24) is 9.97 Å². The Kier molecular flexibility index (Phi) is 2.65. The van der Waals surface area contributed by atoms with Crippen LogP contribution in [-0.2, 0) is 0 Å². The van der Waals surface area contributed by atoms with Gasteiger partial charge in [-0.3, -0.25) is 4.79 Å². The van der Waals surface area contributed by atoms with Gasteiger partial charge in [0.25, 0.3) is 0 Å². The van der Waals surface area contributed by atoms with Crippen molar-refractivity contribution in [2.75, 3.05) is 0 Å². The van der Waals surface area contributed by atoms with Crippen molar-refractivity contribution in [2.24, 2.45) is 0 Å². The van der Waals surface area contributed by atoms with Gasteiger partial charge in [0.1, 0.15) is 10.7 Å². The molecule has 1 atom stereocenters. The number of carbonyl (C=O) groups excluding carboxylic acids is 1. The van der Waals surface area contributed by atoms with Crippen molar-refractivity contribution in [3.8, 4) is 0 Å². The van der Waals surface area contributed by atoms with Crippen molar-refractivity contribution in [2.45, 2.75) is 16.7 Å². The quantitative estimate of drug-likeness (QED) is 0.771. The van der Waals surface area contributed by atoms with Crippen molar-refractivity contribution in [3.63, 3.8) is 0 Å². The molecule has 0 amide bonds. The highest BCUT2D eigenvalue weighted by atomic mass is 32.2. The van der Waals surface area contributed by atoms with Crippen LogP contribution in [0.3, 0.4) is 0 Å². The van der Waals surface area contributed by atoms with E-state index in [1.807, 2.05) is 30.3 Å². The summed E-state index contributed by atoms with van der Waals surface area (Å²) >= 11 is 1.62. The van der Waals surface area contributed by atoms with Gasteiger partial charge in [0, 0.05) is 24.1 Å². The molecule has 0 bridgehead atoms. The molecule has 0 saturated carbocycles. The Labute approximate surface area is 103 Å². The highest BCUT2D eigenvalue weighted by Gasteiger charge is 2.28. The molecule has 2 heterocycles. The lowest BCUT2D eigenvalue weighted by molar-refractivity contribution is 0.0970. The van der Waals surface area contributed by atoms with E-state index in [1.165, 1.54) is 5.56 Å². The van der Waals surface area contributed by atoms with Crippen LogP contribution in [0.2, 0.25) is 0 Å². The summed E-state index contributed by atoms with van der Waals surface area (Å²) in [6.45, 7) is 0. The summed E-state index contributed by atoms with van der Waals surface area (Å²) in [5.41, 5.74) is 1.69. The van der Waals surface area contributed by atoms with Gasteiger partial charge in [-0.15, -0.1) is 0 Å². The van der Waals surface area contributed by atoms with Gasteiger partial charge in [-0.25, -0.2) is 9.97 Å². The third-order valence-corrected chi connectivity index (χ3v) is 3.97. The molecule has 3 rings (SSSR count). The molecule has 0 radical (unpaired) electrons. The first kappa shape index (κ1) is 10.5. The minimum absolute atomic E-state index is 0.0840. The number of carbonyl (C=O) groups is 1. The van der Waals surface area contributed by atoms with Crippen LogP contribution in [0.15, 0.2) is 47.8 Å². The van der Waals surface area contributed by atoms with Gasteiger partial charge >= 0.3 is 0 Å². The van der Waals surface area contributed by atoms with E-state index in [0.717, 1.165) is 5.03 Å². The van der Waals surface area contributed by atoms with Crippen molar-refractivity contribution < 1.29 is 4.79 Å². The van der Waals surface area contributed by atoms with Crippen LogP contribution in [0, 0.1) is 0 Å². The number of fused-ring (bicyclic) bond motifs is 1. The third-order valence-electron chi connectivity index (χ3n) is 2.72. The number of benzene rings is 1. The van der Waals surface area contributed by atoms with E-state index >= 15 is 0 Å². The fourth-order valence-corrected chi connectivity index (χ4v) is 3.10. The van der Waals surface area contributed by atoms with Crippen molar-refractivity contribution in [3.05, 3.63) is 54.0 Å². The lowest BCUT2D eigenvalue weighted by Gasteiger charge is -2.21. The van der Waals surface area contributed by atoms with Gasteiger partial charge < -0.3 is 0 Å². The predicted molar refractivity (Wildman–Crippen MR) is 66.0 cm³/mol. The maximum Gasteiger partial charge on any atom is 0.185 e. The molecule has 0 N–H and O–H groups in total. The summed E-state index contributed by atoms with van der Waals surface area (Å²) in [6.07, 6.45) is 3.70. The molecule has 0 fully saturated rings. The fourth-order valence-electron chi connectivity index (χ4n) is 1.90. The number of Topliss-reactive ketones (excluding diaryl/α,β-unsaturated/α-hetero) is 1. The SMILES string of the molecule is O=C1C[C@@H](c2ccccc2)Sc2nccnc21. The molecule has 0 saturated heterocycles. The van der Waals surface area contributed by atoms with Gasteiger partial charge in [0.15, 0.2) is 5.78 Å². The van der Waals surface area contributed by atoms with Crippen LogP contribution in [0.1, 0.15) is 27.7 Å². The van der Waals surface area contributed by atoms with E-state index in [4.69, 9.17) is 0 Å². The molecule has 2 aromatic rings. The van der Waals surface area contributed by atoms with E-state index in [2.05, 4.69) is 9.97 Å². The second-order valence-electron chi connectivity index (χ2n) is 3.85. The number of hydrogen-bond acceptors (Lipinski definition) is 4. The van der Waals surface area contributed by atoms with Crippen LogP contribution in [0.4, 0.5) is 0 Å².